The Bertz CT molecular complexity index is 1010. The van der Waals surface area contributed by atoms with E-state index in [1.165, 1.54) is 12.1 Å². The number of amides is 1. The van der Waals surface area contributed by atoms with Gasteiger partial charge in [0.05, 0.1) is 17.0 Å². The van der Waals surface area contributed by atoms with Crippen molar-refractivity contribution >= 4 is 17.3 Å². The Morgan fingerprint density at radius 2 is 1.93 bits per heavy atom. The highest BCUT2D eigenvalue weighted by Gasteiger charge is 2.24. The number of hydrogen-bond acceptors (Lipinski definition) is 7. The lowest BCUT2D eigenvalue weighted by molar-refractivity contribution is -0.384. The number of non-ortho nitro benzene ring substituents is 1. The first-order chi connectivity index (χ1) is 13.6. The van der Waals surface area contributed by atoms with Gasteiger partial charge in [-0.1, -0.05) is 17.3 Å². The minimum Gasteiger partial charge on any atom is -0.375 e. The summed E-state index contributed by atoms with van der Waals surface area (Å²) in [5.74, 6) is 0.569. The number of carbonyl (C=O) groups excluding carboxylic acids is 1. The molecule has 142 valence electrons. The van der Waals surface area contributed by atoms with Crippen molar-refractivity contribution in [2.45, 2.75) is 25.4 Å². The molecule has 1 amide bonds. The van der Waals surface area contributed by atoms with Gasteiger partial charge in [0.1, 0.15) is 0 Å². The maximum Gasteiger partial charge on any atom is 0.269 e. The quantitative estimate of drug-likeness (QED) is 0.477. The molecular weight excluding hydrogens is 362 g/mol. The normalized spacial score (nSPS) is 13.1. The highest BCUT2D eigenvalue weighted by Crippen LogP contribution is 2.23. The fourth-order valence-corrected chi connectivity index (χ4v) is 2.67. The SMILES string of the molecule is O=C(NC1CC1)c1ccccc1NCc1nc(-c2ccc([N+](=O)[O-])cc2)no1. The lowest BCUT2D eigenvalue weighted by Crippen LogP contribution is -2.26. The van der Waals surface area contributed by atoms with E-state index in [9.17, 15) is 14.9 Å². The third kappa shape index (κ3) is 3.98. The number of aromatic nitrogens is 2. The van der Waals surface area contributed by atoms with E-state index < -0.39 is 4.92 Å². The number of para-hydroxylation sites is 1. The van der Waals surface area contributed by atoms with Crippen molar-refractivity contribution in [1.29, 1.82) is 0 Å². The van der Waals surface area contributed by atoms with Crippen LogP contribution < -0.4 is 10.6 Å². The largest absolute Gasteiger partial charge is 0.375 e. The van der Waals surface area contributed by atoms with Crippen LogP contribution >= 0.6 is 0 Å². The summed E-state index contributed by atoms with van der Waals surface area (Å²) >= 11 is 0. The lowest BCUT2D eigenvalue weighted by atomic mass is 10.1. The summed E-state index contributed by atoms with van der Waals surface area (Å²) in [6, 6.07) is 13.4. The second-order valence-corrected chi connectivity index (χ2v) is 6.46. The van der Waals surface area contributed by atoms with Gasteiger partial charge in [-0.2, -0.15) is 4.98 Å². The van der Waals surface area contributed by atoms with Crippen LogP contribution in [-0.2, 0) is 6.54 Å². The van der Waals surface area contributed by atoms with Gasteiger partial charge in [-0.15, -0.1) is 0 Å². The molecule has 0 spiro atoms. The number of rotatable bonds is 7. The van der Waals surface area contributed by atoms with Crippen LogP contribution in [0.2, 0.25) is 0 Å². The molecule has 2 aromatic carbocycles. The van der Waals surface area contributed by atoms with Crippen LogP contribution in [0.25, 0.3) is 11.4 Å². The molecule has 28 heavy (non-hydrogen) atoms. The zero-order valence-corrected chi connectivity index (χ0v) is 14.8. The number of carbonyl (C=O) groups is 1. The molecule has 0 aliphatic heterocycles. The Hall–Kier alpha value is -3.75. The molecule has 1 aliphatic rings. The highest BCUT2D eigenvalue weighted by molar-refractivity contribution is 5.99. The monoisotopic (exact) mass is 379 g/mol. The van der Waals surface area contributed by atoms with Gasteiger partial charge in [-0.25, -0.2) is 0 Å². The molecule has 0 saturated heterocycles. The van der Waals surface area contributed by atoms with Crippen molar-refractivity contribution in [2.75, 3.05) is 5.32 Å². The van der Waals surface area contributed by atoms with Crippen LogP contribution in [0.4, 0.5) is 11.4 Å². The summed E-state index contributed by atoms with van der Waals surface area (Å²) in [6.45, 7) is 0.244. The van der Waals surface area contributed by atoms with E-state index in [-0.39, 0.29) is 24.2 Å². The third-order valence-electron chi connectivity index (χ3n) is 4.32. The molecule has 4 rings (SSSR count). The predicted octanol–water partition coefficient (Wildman–Crippen LogP) is 3.15. The first-order valence-electron chi connectivity index (χ1n) is 8.81. The van der Waals surface area contributed by atoms with Crippen molar-refractivity contribution in [2.24, 2.45) is 0 Å². The van der Waals surface area contributed by atoms with E-state index in [0.29, 0.717) is 28.5 Å². The molecule has 1 fully saturated rings. The van der Waals surface area contributed by atoms with Crippen LogP contribution in [0.1, 0.15) is 29.1 Å². The van der Waals surface area contributed by atoms with Gasteiger partial charge in [0.2, 0.25) is 11.7 Å². The summed E-state index contributed by atoms with van der Waals surface area (Å²) in [5, 5.41) is 20.7. The standard InChI is InChI=1S/C19H17N5O4/c25-19(21-13-7-8-13)15-3-1-2-4-16(15)20-11-17-22-18(23-28-17)12-5-9-14(10-6-12)24(26)27/h1-6,9-10,13,20H,7-8,11H2,(H,21,25). The second kappa shape index (κ2) is 7.47. The van der Waals surface area contributed by atoms with E-state index in [1.54, 1.807) is 18.2 Å². The van der Waals surface area contributed by atoms with E-state index in [4.69, 9.17) is 4.52 Å². The summed E-state index contributed by atoms with van der Waals surface area (Å²) in [5.41, 5.74) is 1.85. The van der Waals surface area contributed by atoms with E-state index >= 15 is 0 Å². The van der Waals surface area contributed by atoms with E-state index in [2.05, 4.69) is 20.8 Å². The van der Waals surface area contributed by atoms with E-state index in [0.717, 1.165) is 12.8 Å². The second-order valence-electron chi connectivity index (χ2n) is 6.46. The Labute approximate surface area is 159 Å². The summed E-state index contributed by atoms with van der Waals surface area (Å²) in [7, 11) is 0. The molecule has 9 nitrogen and oxygen atoms in total. The molecule has 9 heteroatoms. The van der Waals surface area contributed by atoms with Crippen LogP contribution in [0.5, 0.6) is 0 Å². The number of benzene rings is 2. The van der Waals surface area contributed by atoms with Crippen LogP contribution in [-0.4, -0.2) is 27.0 Å². The van der Waals surface area contributed by atoms with Gasteiger partial charge in [0.15, 0.2) is 0 Å². The first-order valence-corrected chi connectivity index (χ1v) is 8.81. The molecule has 1 heterocycles. The van der Waals surface area contributed by atoms with Gasteiger partial charge < -0.3 is 15.2 Å². The van der Waals surface area contributed by atoms with Gasteiger partial charge in [0, 0.05) is 29.4 Å². The van der Waals surface area contributed by atoms with Crippen molar-refractivity contribution in [1.82, 2.24) is 15.5 Å². The van der Waals surface area contributed by atoms with Gasteiger partial charge in [-0.3, -0.25) is 14.9 Å². The van der Waals surface area contributed by atoms with Gasteiger partial charge in [0.25, 0.3) is 11.6 Å². The molecule has 1 aliphatic carbocycles. The van der Waals surface area contributed by atoms with Crippen LogP contribution in [0, 0.1) is 10.1 Å². The smallest absolute Gasteiger partial charge is 0.269 e. The number of anilines is 1. The van der Waals surface area contributed by atoms with Crippen molar-refractivity contribution in [3.63, 3.8) is 0 Å². The third-order valence-corrected chi connectivity index (χ3v) is 4.32. The van der Waals surface area contributed by atoms with Crippen molar-refractivity contribution in [3.8, 4) is 11.4 Å². The van der Waals surface area contributed by atoms with Gasteiger partial charge in [-0.05, 0) is 37.1 Å². The maximum atomic E-state index is 12.3. The average molecular weight is 379 g/mol. The Morgan fingerprint density at radius 3 is 2.64 bits per heavy atom. The molecular formula is C19H17N5O4. The zero-order valence-electron chi connectivity index (χ0n) is 14.8. The average Bonchev–Trinajstić information content (AvgIpc) is 3.40. The lowest BCUT2D eigenvalue weighted by Gasteiger charge is -2.10. The molecule has 3 aromatic rings. The topological polar surface area (TPSA) is 123 Å². The fraction of sp³-hybridized carbons (Fsp3) is 0.211. The summed E-state index contributed by atoms with van der Waals surface area (Å²) in [6.07, 6.45) is 2.05. The molecule has 2 N–H and O–H groups in total. The Balaban J connectivity index is 1.43. The number of nitrogens with one attached hydrogen (secondary N) is 2. The first kappa shape index (κ1) is 17.7. The number of hydrogen-bond donors (Lipinski definition) is 2. The van der Waals surface area contributed by atoms with E-state index in [1.807, 2.05) is 18.2 Å². The van der Waals surface area contributed by atoms with Gasteiger partial charge >= 0.3 is 0 Å². The molecule has 0 unspecified atom stereocenters. The minimum atomic E-state index is -0.466. The highest BCUT2D eigenvalue weighted by atomic mass is 16.6. The number of nitrogens with zero attached hydrogens (tertiary/aromatic N) is 3. The number of nitro groups is 1. The Kier molecular flexibility index (Phi) is 4.71. The predicted molar refractivity (Wildman–Crippen MR) is 101 cm³/mol. The molecule has 1 aromatic heterocycles. The van der Waals surface area contributed by atoms with Crippen molar-refractivity contribution in [3.05, 3.63) is 70.1 Å². The molecule has 0 atom stereocenters. The number of nitro benzene ring substituents is 1. The summed E-state index contributed by atoms with van der Waals surface area (Å²) < 4.78 is 5.24. The molecule has 0 bridgehead atoms. The minimum absolute atomic E-state index is 0.00443. The summed E-state index contributed by atoms with van der Waals surface area (Å²) in [4.78, 5) is 26.9. The zero-order chi connectivity index (χ0) is 19.5. The molecule has 0 radical (unpaired) electrons. The maximum absolute atomic E-state index is 12.3. The Morgan fingerprint density at radius 1 is 1.18 bits per heavy atom. The van der Waals surface area contributed by atoms with Crippen molar-refractivity contribution < 1.29 is 14.2 Å². The molecule has 1 saturated carbocycles. The van der Waals surface area contributed by atoms with Crippen LogP contribution in [0.3, 0.4) is 0 Å². The fourth-order valence-electron chi connectivity index (χ4n) is 2.67. The van der Waals surface area contributed by atoms with Crippen LogP contribution in [0.15, 0.2) is 53.1 Å².